The number of hydrogen-bond donors (Lipinski definition) is 1. The standard InChI is InChI=1S/C11H6BrClF3N3/c12-9-8(11(14,15)16)19-10(17)7(18-9)5-1-3-6(13)4-2-5/h1-4H,(H2,17,19). The summed E-state index contributed by atoms with van der Waals surface area (Å²) in [6, 6.07) is 6.37. The third-order valence-electron chi connectivity index (χ3n) is 2.27. The van der Waals surface area contributed by atoms with Gasteiger partial charge in [0.25, 0.3) is 0 Å². The van der Waals surface area contributed by atoms with Crippen molar-refractivity contribution in [3.63, 3.8) is 0 Å². The van der Waals surface area contributed by atoms with Crippen LogP contribution in [0.3, 0.4) is 0 Å². The van der Waals surface area contributed by atoms with Crippen LogP contribution in [0.1, 0.15) is 5.69 Å². The van der Waals surface area contributed by atoms with E-state index in [1.54, 1.807) is 24.3 Å². The summed E-state index contributed by atoms with van der Waals surface area (Å²) in [5.74, 6) is -0.294. The Morgan fingerprint density at radius 2 is 1.68 bits per heavy atom. The number of hydrogen-bond acceptors (Lipinski definition) is 3. The van der Waals surface area contributed by atoms with Crippen LogP contribution in [0.25, 0.3) is 11.3 Å². The number of nitrogens with two attached hydrogens (primary N) is 1. The molecule has 0 atom stereocenters. The summed E-state index contributed by atoms with van der Waals surface area (Å²) in [5, 5.41) is 0.501. The van der Waals surface area contributed by atoms with Gasteiger partial charge in [-0.25, -0.2) is 9.97 Å². The van der Waals surface area contributed by atoms with E-state index in [2.05, 4.69) is 25.9 Å². The average molecular weight is 353 g/mol. The van der Waals surface area contributed by atoms with Crippen LogP contribution in [0.4, 0.5) is 19.0 Å². The third kappa shape index (κ3) is 2.98. The summed E-state index contributed by atoms with van der Waals surface area (Å²) in [4.78, 5) is 7.16. The van der Waals surface area contributed by atoms with Crippen molar-refractivity contribution < 1.29 is 13.2 Å². The van der Waals surface area contributed by atoms with Crippen LogP contribution in [0.2, 0.25) is 5.02 Å². The van der Waals surface area contributed by atoms with Gasteiger partial charge in [0.2, 0.25) is 0 Å². The summed E-state index contributed by atoms with van der Waals surface area (Å²) in [6.07, 6.45) is -4.61. The maximum atomic E-state index is 12.6. The minimum atomic E-state index is -4.61. The summed E-state index contributed by atoms with van der Waals surface area (Å²) in [5.41, 5.74) is 5.07. The first-order valence-corrected chi connectivity index (χ1v) is 6.12. The Morgan fingerprint density at radius 3 is 2.21 bits per heavy atom. The SMILES string of the molecule is Nc1nc(C(F)(F)F)c(Br)nc1-c1ccc(Cl)cc1. The lowest BCUT2D eigenvalue weighted by Crippen LogP contribution is -2.13. The second kappa shape index (κ2) is 4.97. The molecule has 1 heterocycles. The molecule has 2 N–H and O–H groups in total. The molecule has 0 saturated heterocycles. The molecule has 0 aliphatic heterocycles. The van der Waals surface area contributed by atoms with Crippen molar-refractivity contribution in [2.24, 2.45) is 0 Å². The lowest BCUT2D eigenvalue weighted by atomic mass is 10.1. The van der Waals surface area contributed by atoms with Crippen molar-refractivity contribution in [2.45, 2.75) is 6.18 Å². The first-order valence-electron chi connectivity index (χ1n) is 4.95. The Labute approximate surface area is 119 Å². The molecule has 19 heavy (non-hydrogen) atoms. The molecule has 100 valence electrons. The predicted octanol–water partition coefficient (Wildman–Crippen LogP) is 4.16. The Kier molecular flexibility index (Phi) is 3.69. The second-order valence-electron chi connectivity index (χ2n) is 3.60. The summed E-state index contributed by atoms with van der Waals surface area (Å²) < 4.78 is 37.4. The molecular weight excluding hydrogens is 346 g/mol. The average Bonchev–Trinajstić information content (AvgIpc) is 2.31. The normalized spacial score (nSPS) is 11.6. The number of aromatic nitrogens is 2. The second-order valence-corrected chi connectivity index (χ2v) is 4.79. The molecule has 0 aliphatic rings. The van der Waals surface area contributed by atoms with Crippen molar-refractivity contribution in [2.75, 3.05) is 5.73 Å². The van der Waals surface area contributed by atoms with Gasteiger partial charge in [0.05, 0.1) is 0 Å². The van der Waals surface area contributed by atoms with Crippen LogP contribution in [0.5, 0.6) is 0 Å². The van der Waals surface area contributed by atoms with Crippen LogP contribution in [-0.4, -0.2) is 9.97 Å². The predicted molar refractivity (Wildman–Crippen MR) is 69.6 cm³/mol. The molecule has 0 spiro atoms. The van der Waals surface area contributed by atoms with Gasteiger partial charge in [-0.15, -0.1) is 0 Å². The maximum Gasteiger partial charge on any atom is 0.436 e. The number of nitrogens with zero attached hydrogens (tertiary/aromatic N) is 2. The van der Waals surface area contributed by atoms with Crippen LogP contribution < -0.4 is 5.73 Å². The molecule has 3 nitrogen and oxygen atoms in total. The Hall–Kier alpha value is -1.34. The number of halogens is 5. The fourth-order valence-electron chi connectivity index (χ4n) is 1.43. The van der Waals surface area contributed by atoms with Gasteiger partial charge in [-0.1, -0.05) is 23.7 Å². The zero-order valence-corrected chi connectivity index (χ0v) is 11.5. The van der Waals surface area contributed by atoms with Gasteiger partial charge < -0.3 is 5.73 Å². The number of alkyl halides is 3. The van der Waals surface area contributed by atoms with Crippen molar-refractivity contribution in [1.29, 1.82) is 0 Å². The smallest absolute Gasteiger partial charge is 0.382 e. The largest absolute Gasteiger partial charge is 0.436 e. The molecule has 2 aromatic rings. The van der Waals surface area contributed by atoms with Crippen molar-refractivity contribution in [1.82, 2.24) is 9.97 Å². The molecule has 0 unspecified atom stereocenters. The molecule has 0 amide bonds. The van der Waals surface area contributed by atoms with Gasteiger partial charge in [-0.05, 0) is 28.1 Å². The van der Waals surface area contributed by atoms with Crippen LogP contribution in [0.15, 0.2) is 28.9 Å². The van der Waals surface area contributed by atoms with Gasteiger partial charge >= 0.3 is 6.18 Å². The first kappa shape index (κ1) is 14.1. The molecule has 0 saturated carbocycles. The van der Waals surface area contributed by atoms with E-state index >= 15 is 0 Å². The fraction of sp³-hybridized carbons (Fsp3) is 0.0909. The van der Waals surface area contributed by atoms with E-state index in [1.807, 2.05) is 0 Å². The highest BCUT2D eigenvalue weighted by atomic mass is 79.9. The lowest BCUT2D eigenvalue weighted by Gasteiger charge is -2.11. The number of anilines is 1. The van der Waals surface area contributed by atoms with Crippen molar-refractivity contribution in [3.8, 4) is 11.3 Å². The van der Waals surface area contributed by atoms with E-state index in [4.69, 9.17) is 17.3 Å². The molecule has 1 aromatic heterocycles. The molecule has 2 rings (SSSR count). The van der Waals surface area contributed by atoms with Gasteiger partial charge in [0, 0.05) is 10.6 Å². The molecule has 8 heteroatoms. The highest BCUT2D eigenvalue weighted by molar-refractivity contribution is 9.10. The Morgan fingerprint density at radius 1 is 1.11 bits per heavy atom. The Balaban J connectivity index is 2.55. The molecule has 0 aliphatic carbocycles. The summed E-state index contributed by atoms with van der Waals surface area (Å²) in [7, 11) is 0. The van der Waals surface area contributed by atoms with E-state index in [9.17, 15) is 13.2 Å². The highest BCUT2D eigenvalue weighted by Gasteiger charge is 2.36. The van der Waals surface area contributed by atoms with E-state index in [0.29, 0.717) is 10.6 Å². The van der Waals surface area contributed by atoms with E-state index in [0.717, 1.165) is 0 Å². The highest BCUT2D eigenvalue weighted by Crippen LogP contribution is 2.35. The number of nitrogen functional groups attached to an aromatic ring is 1. The van der Waals surface area contributed by atoms with Crippen LogP contribution in [-0.2, 0) is 6.18 Å². The number of rotatable bonds is 1. The van der Waals surface area contributed by atoms with Crippen LogP contribution in [0, 0.1) is 0 Å². The first-order chi connectivity index (χ1) is 8.79. The van der Waals surface area contributed by atoms with E-state index < -0.39 is 16.5 Å². The summed E-state index contributed by atoms with van der Waals surface area (Å²) in [6.45, 7) is 0. The van der Waals surface area contributed by atoms with Gasteiger partial charge in [-0.2, -0.15) is 13.2 Å². The minimum absolute atomic E-state index is 0.163. The van der Waals surface area contributed by atoms with E-state index in [1.165, 1.54) is 0 Å². The van der Waals surface area contributed by atoms with Gasteiger partial charge in [0.1, 0.15) is 10.3 Å². The molecule has 1 aromatic carbocycles. The molecular formula is C11H6BrClF3N3. The minimum Gasteiger partial charge on any atom is -0.382 e. The zero-order valence-electron chi connectivity index (χ0n) is 9.17. The Bertz CT molecular complexity index is 614. The third-order valence-corrected chi connectivity index (χ3v) is 3.07. The van der Waals surface area contributed by atoms with Crippen molar-refractivity contribution >= 4 is 33.3 Å². The number of benzene rings is 1. The maximum absolute atomic E-state index is 12.6. The van der Waals surface area contributed by atoms with Gasteiger partial charge in [-0.3, -0.25) is 0 Å². The lowest BCUT2D eigenvalue weighted by molar-refractivity contribution is -0.142. The zero-order chi connectivity index (χ0) is 14.2. The van der Waals surface area contributed by atoms with Crippen molar-refractivity contribution in [3.05, 3.63) is 39.6 Å². The molecule has 0 radical (unpaired) electrons. The summed E-state index contributed by atoms with van der Waals surface area (Å²) >= 11 is 8.48. The topological polar surface area (TPSA) is 51.8 Å². The van der Waals surface area contributed by atoms with E-state index in [-0.39, 0.29) is 11.5 Å². The van der Waals surface area contributed by atoms with Crippen LogP contribution >= 0.6 is 27.5 Å². The molecule has 0 bridgehead atoms. The van der Waals surface area contributed by atoms with Gasteiger partial charge in [0.15, 0.2) is 11.5 Å². The quantitative estimate of drug-likeness (QED) is 0.838. The fourth-order valence-corrected chi connectivity index (χ4v) is 2.05. The molecule has 0 fully saturated rings. The monoisotopic (exact) mass is 351 g/mol.